The van der Waals surface area contributed by atoms with Crippen molar-refractivity contribution in [1.29, 1.82) is 0 Å². The summed E-state index contributed by atoms with van der Waals surface area (Å²) < 4.78 is 0. The maximum atomic E-state index is 4.75. The van der Waals surface area contributed by atoms with Crippen LogP contribution in [0.2, 0.25) is 0 Å². The molecule has 1 N–H and O–H groups in total. The van der Waals surface area contributed by atoms with E-state index in [0.29, 0.717) is 6.73 Å². The zero-order valence-corrected chi connectivity index (χ0v) is 4.27. The van der Waals surface area contributed by atoms with Crippen LogP contribution in [-0.4, -0.2) is 18.7 Å². The van der Waals surface area contributed by atoms with Crippen molar-refractivity contribution in [1.82, 2.24) is 10.4 Å². The van der Waals surface area contributed by atoms with Gasteiger partial charge in [-0.25, -0.2) is 5.48 Å². The average Bonchev–Trinajstić information content (AvgIpc) is 1.91. The Balaban J connectivity index is 2.48. The Morgan fingerprint density at radius 1 is 2.00 bits per heavy atom. The van der Waals surface area contributed by atoms with E-state index < -0.39 is 0 Å². The molecule has 0 unspecified atom stereocenters. The van der Waals surface area contributed by atoms with Crippen LogP contribution in [0, 0.1) is 0 Å². The van der Waals surface area contributed by atoms with E-state index in [4.69, 9.17) is 4.84 Å². The van der Waals surface area contributed by atoms with E-state index in [1.165, 1.54) is 0 Å². The third-order valence-corrected chi connectivity index (χ3v) is 0.909. The monoisotopic (exact) mass is 100 g/mol. The van der Waals surface area contributed by atoms with E-state index in [9.17, 15) is 0 Å². The maximum absolute atomic E-state index is 4.75. The van der Waals surface area contributed by atoms with Gasteiger partial charge in [0.1, 0.15) is 12.6 Å². The Kier molecular flexibility index (Phi) is 0.906. The first kappa shape index (κ1) is 4.46. The minimum atomic E-state index is 0.596. The van der Waals surface area contributed by atoms with E-state index in [1.54, 1.807) is 0 Å². The second kappa shape index (κ2) is 1.42. The molecule has 0 bridgehead atoms. The summed E-state index contributed by atoms with van der Waals surface area (Å²) in [5.41, 5.74) is 2.60. The van der Waals surface area contributed by atoms with Crippen molar-refractivity contribution >= 4 is 0 Å². The smallest absolute Gasteiger partial charge is 0.147 e. The Morgan fingerprint density at radius 2 is 2.71 bits per heavy atom. The summed E-state index contributed by atoms with van der Waals surface area (Å²) in [6.07, 6.45) is 0. The molecule has 0 spiro atoms. The highest BCUT2D eigenvalue weighted by Gasteiger charge is 2.07. The molecule has 3 nitrogen and oxygen atoms in total. The third kappa shape index (κ3) is 0.667. The number of hydroxylamine groups is 1. The Bertz CT molecular complexity index is 91.7. The summed E-state index contributed by atoms with van der Waals surface area (Å²) in [6, 6.07) is 0. The quantitative estimate of drug-likeness (QED) is 0.459. The van der Waals surface area contributed by atoms with Crippen molar-refractivity contribution in [3.8, 4) is 0 Å². The molecular formula is C4H8N2O. The molecule has 1 rings (SSSR count). The van der Waals surface area contributed by atoms with E-state index in [1.807, 2.05) is 11.9 Å². The van der Waals surface area contributed by atoms with Gasteiger partial charge in [-0.3, -0.25) is 4.84 Å². The Hall–Kier alpha value is -0.700. The van der Waals surface area contributed by atoms with Gasteiger partial charge in [0.05, 0.1) is 0 Å². The lowest BCUT2D eigenvalue weighted by Crippen LogP contribution is -2.11. The lowest BCUT2D eigenvalue weighted by Gasteiger charge is -2.03. The fourth-order valence-electron chi connectivity index (χ4n) is 0.368. The average molecular weight is 100 g/mol. The topological polar surface area (TPSA) is 24.5 Å². The standard InChI is InChI=1S/C4H8N2O/c1-4-5-7-3-6(4)2/h5H,1,3H2,2H3. The van der Waals surface area contributed by atoms with Gasteiger partial charge < -0.3 is 4.90 Å². The molecule has 3 heteroatoms. The fourth-order valence-corrected chi connectivity index (χ4v) is 0.368. The molecule has 0 aliphatic carbocycles. The first-order valence-corrected chi connectivity index (χ1v) is 2.08. The van der Waals surface area contributed by atoms with E-state index in [0.717, 1.165) is 5.82 Å². The molecular weight excluding hydrogens is 92.1 g/mol. The SMILES string of the molecule is C=C1NOCN1C. The van der Waals surface area contributed by atoms with E-state index in [-0.39, 0.29) is 0 Å². The second-order valence-electron chi connectivity index (χ2n) is 1.52. The van der Waals surface area contributed by atoms with Crippen molar-refractivity contribution in [3.63, 3.8) is 0 Å². The zero-order valence-electron chi connectivity index (χ0n) is 4.27. The molecule has 40 valence electrons. The Labute approximate surface area is 42.5 Å². The van der Waals surface area contributed by atoms with Crippen molar-refractivity contribution < 1.29 is 4.84 Å². The van der Waals surface area contributed by atoms with Crippen LogP contribution in [0.1, 0.15) is 0 Å². The predicted octanol–water partition coefficient (Wildman–Crippen LogP) is -0.118. The number of hydrogen-bond acceptors (Lipinski definition) is 3. The molecule has 1 aliphatic rings. The van der Waals surface area contributed by atoms with Gasteiger partial charge in [-0.2, -0.15) is 0 Å². The highest BCUT2D eigenvalue weighted by molar-refractivity contribution is 4.87. The molecule has 0 aromatic carbocycles. The van der Waals surface area contributed by atoms with Gasteiger partial charge in [0, 0.05) is 7.05 Å². The number of nitrogens with one attached hydrogen (secondary N) is 1. The fraction of sp³-hybridized carbons (Fsp3) is 0.500. The summed E-state index contributed by atoms with van der Waals surface area (Å²) in [5.74, 6) is 0.819. The van der Waals surface area contributed by atoms with Crippen LogP contribution in [0.5, 0.6) is 0 Å². The molecule has 0 atom stereocenters. The third-order valence-electron chi connectivity index (χ3n) is 0.909. The molecule has 0 aromatic rings. The zero-order chi connectivity index (χ0) is 5.28. The van der Waals surface area contributed by atoms with Gasteiger partial charge in [-0.1, -0.05) is 6.58 Å². The molecule has 0 amide bonds. The molecule has 1 saturated heterocycles. The molecule has 0 aromatic heterocycles. The van der Waals surface area contributed by atoms with Crippen molar-refractivity contribution in [2.75, 3.05) is 13.8 Å². The first-order valence-electron chi connectivity index (χ1n) is 2.08. The largest absolute Gasteiger partial charge is 0.335 e. The van der Waals surface area contributed by atoms with Crippen LogP contribution in [0.15, 0.2) is 12.4 Å². The first-order chi connectivity index (χ1) is 3.30. The minimum Gasteiger partial charge on any atom is -0.335 e. The highest BCUT2D eigenvalue weighted by atomic mass is 16.7. The number of nitrogens with zero attached hydrogens (tertiary/aromatic N) is 1. The van der Waals surface area contributed by atoms with Gasteiger partial charge in [-0.15, -0.1) is 0 Å². The normalized spacial score (nSPS) is 20.1. The van der Waals surface area contributed by atoms with Crippen LogP contribution in [0.3, 0.4) is 0 Å². The van der Waals surface area contributed by atoms with E-state index >= 15 is 0 Å². The van der Waals surface area contributed by atoms with Gasteiger partial charge in [0.25, 0.3) is 0 Å². The lowest BCUT2D eigenvalue weighted by atomic mass is 10.7. The summed E-state index contributed by atoms with van der Waals surface area (Å²) in [7, 11) is 1.91. The van der Waals surface area contributed by atoms with Crippen molar-refractivity contribution in [2.45, 2.75) is 0 Å². The summed E-state index contributed by atoms with van der Waals surface area (Å²) >= 11 is 0. The number of hydrogen-bond donors (Lipinski definition) is 1. The van der Waals surface area contributed by atoms with Crippen molar-refractivity contribution in [3.05, 3.63) is 12.4 Å². The summed E-state index contributed by atoms with van der Waals surface area (Å²) in [6.45, 7) is 4.22. The van der Waals surface area contributed by atoms with E-state index in [2.05, 4.69) is 12.1 Å². The van der Waals surface area contributed by atoms with Crippen LogP contribution in [-0.2, 0) is 4.84 Å². The molecule has 0 saturated carbocycles. The highest BCUT2D eigenvalue weighted by Crippen LogP contribution is 1.99. The van der Waals surface area contributed by atoms with Crippen molar-refractivity contribution in [2.24, 2.45) is 0 Å². The van der Waals surface area contributed by atoms with Gasteiger partial charge in [0.15, 0.2) is 0 Å². The van der Waals surface area contributed by atoms with Gasteiger partial charge >= 0.3 is 0 Å². The lowest BCUT2D eigenvalue weighted by molar-refractivity contribution is 0.0857. The summed E-state index contributed by atoms with van der Waals surface area (Å²) in [5, 5.41) is 0. The van der Waals surface area contributed by atoms with Gasteiger partial charge in [-0.05, 0) is 0 Å². The van der Waals surface area contributed by atoms with Crippen LogP contribution < -0.4 is 5.48 Å². The van der Waals surface area contributed by atoms with Crippen LogP contribution >= 0.6 is 0 Å². The summed E-state index contributed by atoms with van der Waals surface area (Å²) in [4.78, 5) is 6.62. The number of rotatable bonds is 0. The van der Waals surface area contributed by atoms with Crippen LogP contribution in [0.25, 0.3) is 0 Å². The molecule has 1 aliphatic heterocycles. The molecule has 1 heterocycles. The predicted molar refractivity (Wildman–Crippen MR) is 26.0 cm³/mol. The van der Waals surface area contributed by atoms with Crippen LogP contribution in [0.4, 0.5) is 0 Å². The molecule has 0 radical (unpaired) electrons. The maximum Gasteiger partial charge on any atom is 0.147 e. The Morgan fingerprint density at radius 3 is 2.86 bits per heavy atom. The second-order valence-corrected chi connectivity index (χ2v) is 1.52. The molecule has 7 heavy (non-hydrogen) atoms. The minimum absolute atomic E-state index is 0.596. The van der Waals surface area contributed by atoms with Gasteiger partial charge in [0.2, 0.25) is 0 Å². The molecule has 1 fully saturated rings.